The summed E-state index contributed by atoms with van der Waals surface area (Å²) < 4.78 is 5.43. The molecule has 0 heterocycles. The number of likely N-dealkylation sites (N-methyl/N-ethyl adjacent to an activating group) is 1. The van der Waals surface area contributed by atoms with Crippen LogP contribution in [0.15, 0.2) is 24.3 Å². The molecule has 0 fully saturated rings. The van der Waals surface area contributed by atoms with Gasteiger partial charge in [-0.25, -0.2) is 0 Å². The highest BCUT2D eigenvalue weighted by atomic mass is 16.5. The molecule has 18 heavy (non-hydrogen) atoms. The minimum Gasteiger partial charge on any atom is -0.494 e. The van der Waals surface area contributed by atoms with Gasteiger partial charge in [0, 0.05) is 18.6 Å². The first-order valence-electron chi connectivity index (χ1n) is 6.60. The maximum absolute atomic E-state index is 6.00. The van der Waals surface area contributed by atoms with Gasteiger partial charge in [0.25, 0.3) is 0 Å². The van der Waals surface area contributed by atoms with Crippen LogP contribution in [0.5, 0.6) is 5.75 Å². The van der Waals surface area contributed by atoms with Gasteiger partial charge in [0.2, 0.25) is 0 Å². The Bertz CT molecular complexity index is 341. The molecule has 3 nitrogen and oxygen atoms in total. The van der Waals surface area contributed by atoms with E-state index in [9.17, 15) is 0 Å². The smallest absolute Gasteiger partial charge is 0.119 e. The first kappa shape index (κ1) is 15.0. The lowest BCUT2D eigenvalue weighted by atomic mass is 10.1. The average Bonchev–Trinajstić information content (AvgIpc) is 2.26. The molecule has 0 atom stereocenters. The Labute approximate surface area is 111 Å². The second kappa shape index (κ2) is 6.76. The molecule has 2 N–H and O–H groups in total. The fourth-order valence-electron chi connectivity index (χ4n) is 2.01. The summed E-state index contributed by atoms with van der Waals surface area (Å²) in [5.74, 6) is 0.942. The molecule has 0 aliphatic carbocycles. The highest BCUT2D eigenvalue weighted by molar-refractivity contribution is 5.27. The van der Waals surface area contributed by atoms with Gasteiger partial charge in [0.05, 0.1) is 6.61 Å². The summed E-state index contributed by atoms with van der Waals surface area (Å²) in [5.41, 5.74) is 7.20. The molecular formula is C15H26N2O. The first-order valence-corrected chi connectivity index (χ1v) is 6.60. The minimum absolute atomic E-state index is 0.131. The van der Waals surface area contributed by atoms with E-state index < -0.39 is 0 Å². The lowest BCUT2D eigenvalue weighted by Gasteiger charge is -2.26. The van der Waals surface area contributed by atoms with E-state index in [4.69, 9.17) is 10.5 Å². The predicted molar refractivity (Wildman–Crippen MR) is 77.1 cm³/mol. The number of benzene rings is 1. The molecule has 0 spiro atoms. The van der Waals surface area contributed by atoms with Crippen LogP contribution in [0.2, 0.25) is 0 Å². The van der Waals surface area contributed by atoms with Crippen LogP contribution in [0, 0.1) is 0 Å². The van der Waals surface area contributed by atoms with Crippen molar-refractivity contribution in [3.8, 4) is 5.75 Å². The average molecular weight is 250 g/mol. The third kappa shape index (κ3) is 6.03. The Morgan fingerprint density at radius 3 is 2.33 bits per heavy atom. The summed E-state index contributed by atoms with van der Waals surface area (Å²) >= 11 is 0. The zero-order chi connectivity index (χ0) is 13.6. The third-order valence-electron chi connectivity index (χ3n) is 2.69. The van der Waals surface area contributed by atoms with E-state index in [1.54, 1.807) is 0 Å². The summed E-state index contributed by atoms with van der Waals surface area (Å²) in [4.78, 5) is 2.27. The topological polar surface area (TPSA) is 38.5 Å². The van der Waals surface area contributed by atoms with Crippen LogP contribution >= 0.6 is 0 Å². The molecule has 0 unspecified atom stereocenters. The van der Waals surface area contributed by atoms with E-state index >= 15 is 0 Å². The van der Waals surface area contributed by atoms with E-state index in [0.29, 0.717) is 6.61 Å². The van der Waals surface area contributed by atoms with Crippen molar-refractivity contribution in [3.63, 3.8) is 0 Å². The molecule has 0 saturated carbocycles. The zero-order valence-corrected chi connectivity index (χ0v) is 12.1. The molecule has 0 amide bonds. The van der Waals surface area contributed by atoms with Gasteiger partial charge in [0.15, 0.2) is 0 Å². The molecule has 0 aliphatic rings. The van der Waals surface area contributed by atoms with Gasteiger partial charge in [-0.15, -0.1) is 0 Å². The Kier molecular flexibility index (Phi) is 5.63. The molecule has 0 bridgehead atoms. The molecule has 1 rings (SSSR count). The van der Waals surface area contributed by atoms with Crippen LogP contribution in [0.4, 0.5) is 0 Å². The Hall–Kier alpha value is -1.06. The minimum atomic E-state index is -0.131. The van der Waals surface area contributed by atoms with E-state index in [1.165, 1.54) is 5.56 Å². The molecule has 1 aromatic carbocycles. The number of ether oxygens (including phenoxy) is 1. The van der Waals surface area contributed by atoms with Gasteiger partial charge in [-0.2, -0.15) is 0 Å². The molecule has 1 aromatic rings. The number of rotatable bonds is 7. The first-order chi connectivity index (χ1) is 8.40. The quantitative estimate of drug-likeness (QED) is 0.807. The molecule has 0 saturated heterocycles. The second-order valence-corrected chi connectivity index (χ2v) is 5.55. The molecule has 0 radical (unpaired) electrons. The maximum atomic E-state index is 6.00. The van der Waals surface area contributed by atoms with Crippen molar-refractivity contribution in [2.45, 2.75) is 32.7 Å². The van der Waals surface area contributed by atoms with E-state index in [1.807, 2.05) is 19.1 Å². The molecule has 3 heteroatoms. The second-order valence-electron chi connectivity index (χ2n) is 5.55. The van der Waals surface area contributed by atoms with Crippen molar-refractivity contribution < 1.29 is 4.74 Å². The summed E-state index contributed by atoms with van der Waals surface area (Å²) in [6.07, 6.45) is 1.04. The molecule has 102 valence electrons. The predicted octanol–water partition coefficient (Wildman–Crippen LogP) is 2.30. The summed E-state index contributed by atoms with van der Waals surface area (Å²) in [7, 11) is 2.11. The van der Waals surface area contributed by atoms with Gasteiger partial charge in [-0.3, -0.25) is 0 Å². The van der Waals surface area contributed by atoms with Gasteiger partial charge in [-0.1, -0.05) is 12.1 Å². The number of hydrogen-bond donors (Lipinski definition) is 1. The Morgan fingerprint density at radius 1 is 1.22 bits per heavy atom. The van der Waals surface area contributed by atoms with Gasteiger partial charge < -0.3 is 15.4 Å². The fourth-order valence-corrected chi connectivity index (χ4v) is 2.01. The summed E-state index contributed by atoms with van der Waals surface area (Å²) in [6.45, 7) is 8.75. The van der Waals surface area contributed by atoms with Crippen molar-refractivity contribution in [2.24, 2.45) is 5.73 Å². The van der Waals surface area contributed by atoms with Crippen LogP contribution in [0.3, 0.4) is 0 Å². The summed E-state index contributed by atoms with van der Waals surface area (Å²) in [6, 6.07) is 8.33. The van der Waals surface area contributed by atoms with E-state index in [-0.39, 0.29) is 5.54 Å². The summed E-state index contributed by atoms with van der Waals surface area (Å²) in [5, 5.41) is 0. The van der Waals surface area contributed by atoms with Crippen molar-refractivity contribution in [3.05, 3.63) is 29.8 Å². The Morgan fingerprint density at radius 2 is 1.83 bits per heavy atom. The fraction of sp³-hybridized carbons (Fsp3) is 0.600. The van der Waals surface area contributed by atoms with Gasteiger partial charge in [0.1, 0.15) is 5.75 Å². The lowest BCUT2D eigenvalue weighted by Crippen LogP contribution is -2.44. The normalized spacial score (nSPS) is 11.9. The van der Waals surface area contributed by atoms with Crippen molar-refractivity contribution in [1.82, 2.24) is 4.90 Å². The van der Waals surface area contributed by atoms with Crippen LogP contribution in [0.1, 0.15) is 26.3 Å². The van der Waals surface area contributed by atoms with Crippen molar-refractivity contribution in [1.29, 1.82) is 0 Å². The maximum Gasteiger partial charge on any atom is 0.119 e. The number of hydrogen-bond acceptors (Lipinski definition) is 3. The standard InChI is InChI=1S/C15H26N2O/c1-5-18-14-8-6-13(7-9-14)10-11-17(4)12-15(2,3)16/h6-9H,5,10-12,16H2,1-4H3. The van der Waals surface area contributed by atoms with Crippen LogP contribution < -0.4 is 10.5 Å². The van der Waals surface area contributed by atoms with E-state index in [0.717, 1.165) is 25.3 Å². The molecule has 0 aromatic heterocycles. The third-order valence-corrected chi connectivity index (χ3v) is 2.69. The number of nitrogens with zero attached hydrogens (tertiary/aromatic N) is 1. The lowest BCUT2D eigenvalue weighted by molar-refractivity contribution is 0.273. The van der Waals surface area contributed by atoms with Gasteiger partial charge in [-0.05, 0) is 51.9 Å². The number of nitrogens with two attached hydrogens (primary N) is 1. The molecular weight excluding hydrogens is 224 g/mol. The van der Waals surface area contributed by atoms with E-state index in [2.05, 4.69) is 37.9 Å². The van der Waals surface area contributed by atoms with Crippen molar-refractivity contribution in [2.75, 3.05) is 26.7 Å². The largest absolute Gasteiger partial charge is 0.494 e. The SMILES string of the molecule is CCOc1ccc(CCN(C)CC(C)(C)N)cc1. The van der Waals surface area contributed by atoms with Crippen LogP contribution in [-0.4, -0.2) is 37.2 Å². The monoisotopic (exact) mass is 250 g/mol. The van der Waals surface area contributed by atoms with Crippen LogP contribution in [0.25, 0.3) is 0 Å². The van der Waals surface area contributed by atoms with Gasteiger partial charge >= 0.3 is 0 Å². The Balaban J connectivity index is 2.39. The zero-order valence-electron chi connectivity index (χ0n) is 12.1. The van der Waals surface area contributed by atoms with Crippen LogP contribution in [-0.2, 0) is 6.42 Å². The van der Waals surface area contributed by atoms with Crippen molar-refractivity contribution >= 4 is 0 Å². The highest BCUT2D eigenvalue weighted by Gasteiger charge is 2.13. The molecule has 0 aliphatic heterocycles. The highest BCUT2D eigenvalue weighted by Crippen LogP contribution is 2.12.